The van der Waals surface area contributed by atoms with Gasteiger partial charge in [-0.1, -0.05) is 44.2 Å². The molecule has 0 unspecified atom stereocenters. The van der Waals surface area contributed by atoms with Crippen molar-refractivity contribution in [2.75, 3.05) is 0 Å². The average molecular weight is 321 g/mol. The van der Waals surface area contributed by atoms with Gasteiger partial charge in [0.2, 0.25) is 0 Å². The SMILES string of the molecule is CCc1ccc(-c2cc3c(oc2=O)=CC(N=O)=CCC=3)c(CC)c1. The average Bonchev–Trinajstić information content (AvgIpc) is 2.81. The van der Waals surface area contributed by atoms with Gasteiger partial charge in [-0.25, -0.2) is 4.79 Å². The molecule has 0 N–H and O–H groups in total. The van der Waals surface area contributed by atoms with Gasteiger partial charge in [0.1, 0.15) is 11.1 Å². The first-order chi connectivity index (χ1) is 11.7. The molecule has 24 heavy (non-hydrogen) atoms. The molecule has 0 bridgehead atoms. The van der Waals surface area contributed by atoms with Gasteiger partial charge < -0.3 is 4.42 Å². The van der Waals surface area contributed by atoms with E-state index < -0.39 is 5.63 Å². The van der Waals surface area contributed by atoms with Crippen molar-refractivity contribution < 1.29 is 4.42 Å². The molecule has 1 aliphatic carbocycles. The van der Waals surface area contributed by atoms with Gasteiger partial charge in [0.05, 0.1) is 5.56 Å². The second-order valence-electron chi connectivity index (χ2n) is 5.77. The highest BCUT2D eigenvalue weighted by Gasteiger charge is 2.11. The summed E-state index contributed by atoms with van der Waals surface area (Å²) in [5.41, 5.74) is 4.11. The molecule has 0 amide bonds. The van der Waals surface area contributed by atoms with Crippen molar-refractivity contribution in [3.8, 4) is 11.1 Å². The molecule has 2 aromatic rings. The van der Waals surface area contributed by atoms with E-state index in [-0.39, 0.29) is 5.70 Å². The maximum Gasteiger partial charge on any atom is 0.344 e. The van der Waals surface area contributed by atoms with Gasteiger partial charge in [-0.15, -0.1) is 4.91 Å². The van der Waals surface area contributed by atoms with Crippen LogP contribution in [-0.2, 0) is 12.8 Å². The van der Waals surface area contributed by atoms with Crippen LogP contribution in [0.5, 0.6) is 0 Å². The van der Waals surface area contributed by atoms with Crippen molar-refractivity contribution in [3.63, 3.8) is 0 Å². The molecule has 1 aromatic carbocycles. The zero-order valence-electron chi connectivity index (χ0n) is 13.8. The number of hydrogen-bond donors (Lipinski definition) is 0. The van der Waals surface area contributed by atoms with Gasteiger partial charge in [-0.3, -0.25) is 0 Å². The number of allylic oxidation sites excluding steroid dienone is 2. The maximum atomic E-state index is 12.5. The summed E-state index contributed by atoms with van der Waals surface area (Å²) in [6, 6.07) is 8.03. The summed E-state index contributed by atoms with van der Waals surface area (Å²) in [5, 5.41) is 3.74. The third kappa shape index (κ3) is 3.00. The van der Waals surface area contributed by atoms with Gasteiger partial charge in [-0.05, 0) is 47.2 Å². The largest absolute Gasteiger partial charge is 0.422 e. The number of nitrogens with zero attached hydrogens (tertiary/aromatic N) is 1. The highest BCUT2D eigenvalue weighted by atomic mass is 16.4. The summed E-state index contributed by atoms with van der Waals surface area (Å²) in [4.78, 5) is 23.2. The predicted molar refractivity (Wildman–Crippen MR) is 95.8 cm³/mol. The molecule has 4 nitrogen and oxygen atoms in total. The third-order valence-electron chi connectivity index (χ3n) is 4.31. The minimum Gasteiger partial charge on any atom is -0.422 e. The first kappa shape index (κ1) is 16.1. The van der Waals surface area contributed by atoms with E-state index in [0.717, 1.165) is 29.2 Å². The first-order valence-electron chi connectivity index (χ1n) is 8.18. The number of benzene rings is 1. The number of rotatable bonds is 4. The molecule has 3 rings (SSSR count). The Hall–Kier alpha value is -2.75. The number of hydrogen-bond acceptors (Lipinski definition) is 4. The van der Waals surface area contributed by atoms with Crippen molar-refractivity contribution in [1.29, 1.82) is 0 Å². The molecule has 1 heterocycles. The predicted octanol–water partition coefficient (Wildman–Crippen LogP) is 3.05. The van der Waals surface area contributed by atoms with Crippen LogP contribution < -0.4 is 16.3 Å². The molecule has 122 valence electrons. The van der Waals surface area contributed by atoms with Crippen LogP contribution in [0.3, 0.4) is 0 Å². The zero-order valence-corrected chi connectivity index (χ0v) is 13.8. The van der Waals surface area contributed by atoms with Gasteiger partial charge in [-0.2, -0.15) is 0 Å². The number of nitroso groups, excluding NO2 is 1. The topological polar surface area (TPSA) is 59.6 Å². The summed E-state index contributed by atoms with van der Waals surface area (Å²) in [6.07, 6.45) is 7.53. The second kappa shape index (κ2) is 6.79. The molecule has 1 aliphatic rings. The fourth-order valence-electron chi connectivity index (χ4n) is 2.95. The zero-order chi connectivity index (χ0) is 17.1. The van der Waals surface area contributed by atoms with Crippen molar-refractivity contribution >= 4 is 12.2 Å². The van der Waals surface area contributed by atoms with Crippen LogP contribution in [0.15, 0.2) is 50.4 Å². The lowest BCUT2D eigenvalue weighted by molar-refractivity contribution is 0.476. The Kier molecular flexibility index (Phi) is 4.56. The smallest absolute Gasteiger partial charge is 0.344 e. The number of aryl methyl sites for hydroxylation is 2. The molecular formula is C20H19NO3. The Morgan fingerprint density at radius 2 is 1.92 bits per heavy atom. The number of fused-ring (bicyclic) bond motifs is 1. The normalized spacial score (nSPS) is 13.2. The van der Waals surface area contributed by atoms with E-state index in [0.29, 0.717) is 17.4 Å². The van der Waals surface area contributed by atoms with E-state index >= 15 is 0 Å². The monoisotopic (exact) mass is 321 g/mol. The highest BCUT2D eigenvalue weighted by Crippen LogP contribution is 2.22. The highest BCUT2D eigenvalue weighted by molar-refractivity contribution is 5.67. The van der Waals surface area contributed by atoms with Gasteiger partial charge in [0.25, 0.3) is 0 Å². The lowest BCUT2D eigenvalue weighted by Gasteiger charge is -2.09. The fraction of sp³-hybridized carbons (Fsp3) is 0.250. The molecular weight excluding hydrogens is 302 g/mol. The van der Waals surface area contributed by atoms with Gasteiger partial charge in [0.15, 0.2) is 0 Å². The molecule has 0 aliphatic heterocycles. The minimum atomic E-state index is -0.399. The molecule has 1 aromatic heterocycles. The van der Waals surface area contributed by atoms with Crippen LogP contribution in [0.2, 0.25) is 0 Å². The van der Waals surface area contributed by atoms with E-state index in [9.17, 15) is 9.70 Å². The van der Waals surface area contributed by atoms with Gasteiger partial charge >= 0.3 is 5.63 Å². The molecule has 4 heteroatoms. The fourth-order valence-corrected chi connectivity index (χ4v) is 2.95. The van der Waals surface area contributed by atoms with E-state index in [2.05, 4.69) is 25.1 Å². The molecule has 0 atom stereocenters. The minimum absolute atomic E-state index is 0.280. The van der Waals surface area contributed by atoms with E-state index in [4.69, 9.17) is 4.42 Å². The van der Waals surface area contributed by atoms with Crippen LogP contribution in [-0.4, -0.2) is 0 Å². The van der Waals surface area contributed by atoms with Crippen LogP contribution in [0.25, 0.3) is 23.3 Å². The Bertz CT molecular complexity index is 997. The Balaban J connectivity index is 2.23. The molecule has 0 saturated heterocycles. The molecule has 0 saturated carbocycles. The van der Waals surface area contributed by atoms with Crippen molar-refractivity contribution in [2.45, 2.75) is 33.1 Å². The lowest BCUT2D eigenvalue weighted by Crippen LogP contribution is -2.29. The van der Waals surface area contributed by atoms with E-state index in [1.54, 1.807) is 6.08 Å². The van der Waals surface area contributed by atoms with Crippen LogP contribution in [0.4, 0.5) is 0 Å². The quantitative estimate of drug-likeness (QED) is 0.813. The van der Waals surface area contributed by atoms with Crippen LogP contribution in [0.1, 0.15) is 31.4 Å². The molecule has 0 fully saturated rings. The van der Waals surface area contributed by atoms with Crippen LogP contribution in [0, 0.1) is 4.91 Å². The summed E-state index contributed by atoms with van der Waals surface area (Å²) < 4.78 is 5.47. The van der Waals surface area contributed by atoms with E-state index in [1.165, 1.54) is 11.6 Å². The maximum absolute atomic E-state index is 12.5. The van der Waals surface area contributed by atoms with E-state index in [1.807, 2.05) is 24.3 Å². The van der Waals surface area contributed by atoms with Crippen molar-refractivity contribution in [3.05, 3.63) is 73.1 Å². The standard InChI is InChI=1S/C20H19NO3/c1-3-13-8-9-17(14(4-2)10-13)18-11-15-6-5-7-16(21-23)12-19(15)24-20(18)22/h6-12H,3-5H2,1-2H3. The van der Waals surface area contributed by atoms with Gasteiger partial charge in [0, 0.05) is 11.3 Å². The Labute approximate surface area is 139 Å². The van der Waals surface area contributed by atoms with Crippen LogP contribution >= 0.6 is 0 Å². The third-order valence-corrected chi connectivity index (χ3v) is 4.31. The summed E-state index contributed by atoms with van der Waals surface area (Å²) in [7, 11) is 0. The van der Waals surface area contributed by atoms with Crippen molar-refractivity contribution in [1.82, 2.24) is 0 Å². The first-order valence-corrected chi connectivity index (χ1v) is 8.18. The molecule has 0 spiro atoms. The second-order valence-corrected chi connectivity index (χ2v) is 5.77. The Morgan fingerprint density at radius 3 is 2.62 bits per heavy atom. The summed E-state index contributed by atoms with van der Waals surface area (Å²) in [5.74, 6) is 0. The van der Waals surface area contributed by atoms with Crippen molar-refractivity contribution in [2.24, 2.45) is 5.18 Å². The Morgan fingerprint density at radius 1 is 1.08 bits per heavy atom. The molecule has 0 radical (unpaired) electrons. The lowest BCUT2D eigenvalue weighted by atomic mass is 9.96. The summed E-state index contributed by atoms with van der Waals surface area (Å²) >= 11 is 0. The summed E-state index contributed by atoms with van der Waals surface area (Å²) in [6.45, 7) is 4.19.